The zero-order valence-corrected chi connectivity index (χ0v) is 11.7. The van der Waals surface area contributed by atoms with Gasteiger partial charge in [0.15, 0.2) is 0 Å². The maximum atomic E-state index is 12.4. The number of aliphatic hydroxyl groups is 1. The van der Waals surface area contributed by atoms with Crippen molar-refractivity contribution in [2.24, 2.45) is 5.92 Å². The zero-order valence-electron chi connectivity index (χ0n) is 10.9. The first kappa shape index (κ1) is 14.2. The number of piperidine rings is 1. The molecule has 0 amide bonds. The summed E-state index contributed by atoms with van der Waals surface area (Å²) in [5, 5.41) is 9.52. The Morgan fingerprint density at radius 3 is 2.53 bits per heavy atom. The second-order valence-electron chi connectivity index (χ2n) is 4.90. The largest absolute Gasteiger partial charge is 0.393 e. The van der Waals surface area contributed by atoms with Gasteiger partial charge < -0.3 is 10.8 Å². The van der Waals surface area contributed by atoms with Gasteiger partial charge in [0.2, 0.25) is 10.0 Å². The van der Waals surface area contributed by atoms with Crippen LogP contribution in [0.15, 0.2) is 23.2 Å². The van der Waals surface area contributed by atoms with Crippen molar-refractivity contribution in [3.63, 3.8) is 0 Å². The predicted molar refractivity (Wildman–Crippen MR) is 71.8 cm³/mol. The molecule has 2 heterocycles. The average molecular weight is 285 g/mol. The van der Waals surface area contributed by atoms with Crippen LogP contribution in [0.4, 0.5) is 5.82 Å². The SMILES string of the molecule is CC(O)C1CCN(S(=O)(=O)c2ccc(N)nc2)CC1. The Bertz CT molecular complexity index is 520. The number of aliphatic hydroxyl groups excluding tert-OH is 1. The van der Waals surface area contributed by atoms with Crippen molar-refractivity contribution in [1.82, 2.24) is 9.29 Å². The third-order valence-corrected chi connectivity index (χ3v) is 5.46. The maximum absolute atomic E-state index is 12.4. The zero-order chi connectivity index (χ0) is 14.0. The number of hydrogen-bond acceptors (Lipinski definition) is 5. The quantitative estimate of drug-likeness (QED) is 0.840. The first-order valence-electron chi connectivity index (χ1n) is 6.31. The van der Waals surface area contributed by atoms with E-state index in [0.717, 1.165) is 0 Å². The van der Waals surface area contributed by atoms with E-state index in [4.69, 9.17) is 5.73 Å². The summed E-state index contributed by atoms with van der Waals surface area (Å²) in [5.74, 6) is 0.475. The highest BCUT2D eigenvalue weighted by Crippen LogP contribution is 2.25. The van der Waals surface area contributed by atoms with Gasteiger partial charge in [-0.1, -0.05) is 0 Å². The number of aromatic nitrogens is 1. The number of nitrogen functional groups attached to an aromatic ring is 1. The van der Waals surface area contributed by atoms with E-state index in [-0.39, 0.29) is 16.9 Å². The van der Waals surface area contributed by atoms with Crippen LogP contribution in [0.2, 0.25) is 0 Å². The van der Waals surface area contributed by atoms with E-state index in [1.165, 1.54) is 22.6 Å². The van der Waals surface area contributed by atoms with E-state index in [1.807, 2.05) is 0 Å². The lowest BCUT2D eigenvalue weighted by Gasteiger charge is -2.32. The third-order valence-electron chi connectivity index (χ3n) is 3.58. The molecule has 2 rings (SSSR count). The molecule has 1 unspecified atom stereocenters. The molecule has 0 spiro atoms. The Balaban J connectivity index is 2.12. The molecule has 1 atom stereocenters. The van der Waals surface area contributed by atoms with Crippen LogP contribution in [-0.2, 0) is 10.0 Å². The normalized spacial score (nSPS) is 20.3. The van der Waals surface area contributed by atoms with Crippen LogP contribution in [0.5, 0.6) is 0 Å². The van der Waals surface area contributed by atoms with Gasteiger partial charge in [0, 0.05) is 19.3 Å². The molecule has 0 aromatic carbocycles. The molecule has 1 aromatic heterocycles. The molecular formula is C12H19N3O3S. The van der Waals surface area contributed by atoms with Gasteiger partial charge >= 0.3 is 0 Å². The van der Waals surface area contributed by atoms with Crippen LogP contribution >= 0.6 is 0 Å². The number of nitrogens with zero attached hydrogens (tertiary/aromatic N) is 2. The Kier molecular flexibility index (Phi) is 4.07. The van der Waals surface area contributed by atoms with Gasteiger partial charge in [-0.3, -0.25) is 0 Å². The summed E-state index contributed by atoms with van der Waals surface area (Å²) < 4.78 is 26.2. The minimum Gasteiger partial charge on any atom is -0.393 e. The van der Waals surface area contributed by atoms with Crippen LogP contribution < -0.4 is 5.73 Å². The van der Waals surface area contributed by atoms with E-state index in [0.29, 0.717) is 31.7 Å². The van der Waals surface area contributed by atoms with E-state index in [2.05, 4.69) is 4.98 Å². The van der Waals surface area contributed by atoms with Crippen molar-refractivity contribution in [2.75, 3.05) is 18.8 Å². The van der Waals surface area contributed by atoms with Crippen molar-refractivity contribution in [1.29, 1.82) is 0 Å². The molecule has 1 saturated heterocycles. The van der Waals surface area contributed by atoms with Gasteiger partial charge in [0.05, 0.1) is 6.10 Å². The number of anilines is 1. The van der Waals surface area contributed by atoms with Crippen LogP contribution in [0.1, 0.15) is 19.8 Å². The summed E-state index contributed by atoms with van der Waals surface area (Å²) in [5.41, 5.74) is 5.45. The highest BCUT2D eigenvalue weighted by Gasteiger charge is 2.30. The lowest BCUT2D eigenvalue weighted by atomic mass is 9.93. The maximum Gasteiger partial charge on any atom is 0.244 e. The van der Waals surface area contributed by atoms with E-state index >= 15 is 0 Å². The fourth-order valence-electron chi connectivity index (χ4n) is 2.29. The van der Waals surface area contributed by atoms with Gasteiger partial charge in [0.1, 0.15) is 10.7 Å². The van der Waals surface area contributed by atoms with Gasteiger partial charge in [-0.25, -0.2) is 13.4 Å². The Morgan fingerprint density at radius 2 is 2.05 bits per heavy atom. The minimum atomic E-state index is -3.49. The average Bonchev–Trinajstić information content (AvgIpc) is 2.39. The Hall–Kier alpha value is -1.18. The summed E-state index contributed by atoms with van der Waals surface area (Å²) >= 11 is 0. The van der Waals surface area contributed by atoms with Crippen LogP contribution in [0, 0.1) is 5.92 Å². The van der Waals surface area contributed by atoms with Gasteiger partial charge in [-0.2, -0.15) is 4.31 Å². The molecule has 0 saturated carbocycles. The second kappa shape index (κ2) is 5.44. The molecule has 6 nitrogen and oxygen atoms in total. The number of sulfonamides is 1. The summed E-state index contributed by atoms with van der Waals surface area (Å²) in [4.78, 5) is 3.98. The predicted octanol–water partition coefficient (Wildman–Crippen LogP) is 0.445. The summed E-state index contributed by atoms with van der Waals surface area (Å²) in [6, 6.07) is 2.95. The van der Waals surface area contributed by atoms with Crippen molar-refractivity contribution in [3.8, 4) is 0 Å². The van der Waals surface area contributed by atoms with Gasteiger partial charge in [0.25, 0.3) is 0 Å². The highest BCUT2D eigenvalue weighted by atomic mass is 32.2. The van der Waals surface area contributed by atoms with E-state index in [9.17, 15) is 13.5 Å². The molecule has 7 heteroatoms. The number of pyridine rings is 1. The van der Waals surface area contributed by atoms with Crippen LogP contribution in [-0.4, -0.2) is 42.0 Å². The van der Waals surface area contributed by atoms with Crippen molar-refractivity contribution < 1.29 is 13.5 Å². The molecule has 0 bridgehead atoms. The fraction of sp³-hybridized carbons (Fsp3) is 0.583. The summed E-state index contributed by atoms with van der Waals surface area (Å²) in [6.07, 6.45) is 2.26. The Morgan fingerprint density at radius 1 is 1.42 bits per heavy atom. The molecule has 1 fully saturated rings. The first-order valence-corrected chi connectivity index (χ1v) is 7.75. The number of rotatable bonds is 3. The first-order chi connectivity index (χ1) is 8.91. The number of nitrogens with two attached hydrogens (primary N) is 1. The molecular weight excluding hydrogens is 266 g/mol. The smallest absolute Gasteiger partial charge is 0.244 e. The second-order valence-corrected chi connectivity index (χ2v) is 6.84. The van der Waals surface area contributed by atoms with Crippen molar-refractivity contribution >= 4 is 15.8 Å². The standard InChI is InChI=1S/C12H19N3O3S/c1-9(16)10-4-6-15(7-5-10)19(17,18)11-2-3-12(13)14-8-11/h2-3,8-10,16H,4-7H2,1H3,(H2,13,14). The minimum absolute atomic E-state index is 0.164. The Labute approximate surface area is 113 Å². The monoisotopic (exact) mass is 285 g/mol. The molecule has 0 radical (unpaired) electrons. The molecule has 106 valence electrons. The lowest BCUT2D eigenvalue weighted by Crippen LogP contribution is -2.40. The summed E-state index contributed by atoms with van der Waals surface area (Å²) in [6.45, 7) is 2.61. The molecule has 0 aliphatic carbocycles. The molecule has 1 aliphatic heterocycles. The molecule has 1 aliphatic rings. The third kappa shape index (κ3) is 3.05. The topological polar surface area (TPSA) is 96.5 Å². The van der Waals surface area contributed by atoms with E-state index < -0.39 is 10.0 Å². The van der Waals surface area contributed by atoms with Gasteiger partial charge in [-0.05, 0) is 37.8 Å². The van der Waals surface area contributed by atoms with Crippen molar-refractivity contribution in [3.05, 3.63) is 18.3 Å². The van der Waals surface area contributed by atoms with Gasteiger partial charge in [-0.15, -0.1) is 0 Å². The van der Waals surface area contributed by atoms with Crippen LogP contribution in [0.3, 0.4) is 0 Å². The lowest BCUT2D eigenvalue weighted by molar-refractivity contribution is 0.0912. The number of hydrogen-bond donors (Lipinski definition) is 2. The highest BCUT2D eigenvalue weighted by molar-refractivity contribution is 7.89. The van der Waals surface area contributed by atoms with Crippen molar-refractivity contribution in [2.45, 2.75) is 30.8 Å². The molecule has 19 heavy (non-hydrogen) atoms. The molecule has 1 aromatic rings. The fourth-order valence-corrected chi connectivity index (χ4v) is 3.71. The molecule has 3 N–H and O–H groups in total. The van der Waals surface area contributed by atoms with Crippen LogP contribution in [0.25, 0.3) is 0 Å². The van der Waals surface area contributed by atoms with E-state index in [1.54, 1.807) is 6.92 Å². The summed E-state index contributed by atoms with van der Waals surface area (Å²) in [7, 11) is -3.49.